The zero-order valence-electron chi connectivity index (χ0n) is 14.6. The van der Waals surface area contributed by atoms with E-state index in [2.05, 4.69) is 10.6 Å². The highest BCUT2D eigenvalue weighted by Gasteiger charge is 2.45. The normalized spacial score (nSPS) is 25.3. The first-order valence-corrected chi connectivity index (χ1v) is 9.18. The predicted molar refractivity (Wildman–Crippen MR) is 97.3 cm³/mol. The summed E-state index contributed by atoms with van der Waals surface area (Å²) in [5.41, 5.74) is 1.29. The lowest BCUT2D eigenvalue weighted by Crippen LogP contribution is -2.57. The van der Waals surface area contributed by atoms with Gasteiger partial charge in [-0.3, -0.25) is 10.1 Å². The lowest BCUT2D eigenvalue weighted by molar-refractivity contribution is -0.129. The van der Waals surface area contributed by atoms with E-state index < -0.39 is 5.54 Å². The Bertz CT molecular complexity index is 793. The zero-order chi connectivity index (χ0) is 18.0. The zero-order valence-corrected chi connectivity index (χ0v) is 14.6. The Morgan fingerprint density at radius 3 is 2.69 bits per heavy atom. The number of nitrogens with one attached hydrogen (secondary N) is 2. The van der Waals surface area contributed by atoms with E-state index in [4.69, 9.17) is 4.74 Å². The standard InChI is InChI=1S/C21H23FN2O2/c22-18-5-2-1-4-16(18)14-26-17-8-6-15(7-9-17)19-10-12-21(24-19)11-3-13-23-20(21)25/h1-2,4-9,19,24H,3,10-14H2,(H,23,25)/t19-,21-/m0/s1. The average Bonchev–Trinajstić information content (AvgIpc) is 3.09. The van der Waals surface area contributed by atoms with Crippen molar-refractivity contribution in [3.8, 4) is 5.75 Å². The van der Waals surface area contributed by atoms with Gasteiger partial charge in [-0.1, -0.05) is 30.3 Å². The predicted octanol–water partition coefficient (Wildman–Crippen LogP) is 3.48. The van der Waals surface area contributed by atoms with Crippen LogP contribution in [0.3, 0.4) is 0 Å². The second-order valence-corrected chi connectivity index (χ2v) is 7.13. The van der Waals surface area contributed by atoms with Crippen molar-refractivity contribution >= 4 is 5.91 Å². The maximum absolute atomic E-state index is 13.6. The maximum atomic E-state index is 13.6. The van der Waals surface area contributed by atoms with Crippen LogP contribution < -0.4 is 15.4 Å². The molecule has 4 rings (SSSR count). The average molecular weight is 354 g/mol. The number of carbonyl (C=O) groups excluding carboxylic acids is 1. The Hall–Kier alpha value is -2.40. The van der Waals surface area contributed by atoms with Crippen molar-refractivity contribution in [1.82, 2.24) is 10.6 Å². The molecule has 4 nitrogen and oxygen atoms in total. The number of benzene rings is 2. The third-order valence-corrected chi connectivity index (χ3v) is 5.45. The molecule has 2 saturated heterocycles. The van der Waals surface area contributed by atoms with Crippen LogP contribution in [0.2, 0.25) is 0 Å². The molecule has 1 amide bonds. The topological polar surface area (TPSA) is 50.4 Å². The maximum Gasteiger partial charge on any atom is 0.240 e. The molecule has 2 fully saturated rings. The van der Waals surface area contributed by atoms with E-state index in [1.165, 1.54) is 6.07 Å². The number of hydrogen-bond acceptors (Lipinski definition) is 3. The molecule has 2 N–H and O–H groups in total. The van der Waals surface area contributed by atoms with Gasteiger partial charge in [0.05, 0.1) is 5.54 Å². The molecular weight excluding hydrogens is 331 g/mol. The molecule has 136 valence electrons. The summed E-state index contributed by atoms with van der Waals surface area (Å²) >= 11 is 0. The fourth-order valence-electron chi connectivity index (χ4n) is 3.94. The van der Waals surface area contributed by atoms with Gasteiger partial charge in [0.2, 0.25) is 5.91 Å². The van der Waals surface area contributed by atoms with Crippen molar-refractivity contribution < 1.29 is 13.9 Å². The summed E-state index contributed by atoms with van der Waals surface area (Å²) in [6, 6.07) is 14.7. The lowest BCUT2D eigenvalue weighted by atomic mass is 9.88. The number of rotatable bonds is 4. The number of hydrogen-bond donors (Lipinski definition) is 2. The van der Waals surface area contributed by atoms with Gasteiger partial charge in [0, 0.05) is 18.2 Å². The van der Waals surface area contributed by atoms with Crippen molar-refractivity contribution in [3.05, 3.63) is 65.5 Å². The third-order valence-electron chi connectivity index (χ3n) is 5.45. The Morgan fingerprint density at radius 1 is 1.12 bits per heavy atom. The molecule has 1 spiro atoms. The lowest BCUT2D eigenvalue weighted by Gasteiger charge is -2.33. The van der Waals surface area contributed by atoms with Crippen molar-refractivity contribution in [2.75, 3.05) is 6.54 Å². The number of amides is 1. The highest BCUT2D eigenvalue weighted by molar-refractivity contribution is 5.87. The summed E-state index contributed by atoms with van der Waals surface area (Å²) in [6.07, 6.45) is 3.74. The minimum atomic E-state index is -0.400. The van der Waals surface area contributed by atoms with Gasteiger partial charge in [-0.15, -0.1) is 0 Å². The van der Waals surface area contributed by atoms with E-state index in [0.717, 1.165) is 37.8 Å². The number of halogens is 1. The smallest absolute Gasteiger partial charge is 0.240 e. The molecule has 0 radical (unpaired) electrons. The van der Waals surface area contributed by atoms with Crippen molar-refractivity contribution in [1.29, 1.82) is 0 Å². The van der Waals surface area contributed by atoms with E-state index in [9.17, 15) is 9.18 Å². The highest BCUT2D eigenvalue weighted by Crippen LogP contribution is 2.37. The molecule has 2 atom stereocenters. The summed E-state index contributed by atoms with van der Waals surface area (Å²) in [5, 5.41) is 6.54. The SMILES string of the molecule is O=C1NCCC[C@]12CC[C@@H](c1ccc(OCc3ccccc3F)cc1)N2. The first-order chi connectivity index (χ1) is 12.7. The largest absolute Gasteiger partial charge is 0.489 e. The van der Waals surface area contributed by atoms with Gasteiger partial charge in [-0.05, 0) is 49.4 Å². The molecule has 2 aliphatic heterocycles. The van der Waals surface area contributed by atoms with Crippen LogP contribution >= 0.6 is 0 Å². The van der Waals surface area contributed by atoms with Crippen molar-refractivity contribution in [3.63, 3.8) is 0 Å². The molecule has 2 aliphatic rings. The molecule has 0 aliphatic carbocycles. The fraction of sp³-hybridized carbons (Fsp3) is 0.381. The van der Waals surface area contributed by atoms with E-state index in [0.29, 0.717) is 11.3 Å². The van der Waals surface area contributed by atoms with Crippen LogP contribution in [0.15, 0.2) is 48.5 Å². The summed E-state index contributed by atoms with van der Waals surface area (Å²) < 4.78 is 19.3. The first kappa shape index (κ1) is 17.0. The van der Waals surface area contributed by atoms with Gasteiger partial charge < -0.3 is 10.1 Å². The Balaban J connectivity index is 1.39. The van der Waals surface area contributed by atoms with Crippen LogP contribution in [-0.2, 0) is 11.4 Å². The molecule has 0 saturated carbocycles. The molecule has 2 heterocycles. The second kappa shape index (κ2) is 7.08. The van der Waals surface area contributed by atoms with Gasteiger partial charge in [0.1, 0.15) is 18.2 Å². The first-order valence-electron chi connectivity index (χ1n) is 9.18. The van der Waals surface area contributed by atoms with Gasteiger partial charge >= 0.3 is 0 Å². The number of carbonyl (C=O) groups is 1. The van der Waals surface area contributed by atoms with E-state index in [-0.39, 0.29) is 24.4 Å². The summed E-state index contributed by atoms with van der Waals surface area (Å²) in [7, 11) is 0. The monoisotopic (exact) mass is 354 g/mol. The van der Waals surface area contributed by atoms with Crippen LogP contribution in [0, 0.1) is 5.82 Å². The summed E-state index contributed by atoms with van der Waals surface area (Å²) in [5.74, 6) is 0.589. The van der Waals surface area contributed by atoms with Crippen LogP contribution in [0.4, 0.5) is 4.39 Å². The van der Waals surface area contributed by atoms with Crippen molar-refractivity contribution in [2.45, 2.75) is 43.9 Å². The fourth-order valence-corrected chi connectivity index (χ4v) is 3.94. The molecule has 26 heavy (non-hydrogen) atoms. The molecule has 2 aromatic rings. The Kier molecular flexibility index (Phi) is 4.64. The minimum absolute atomic E-state index is 0.135. The Morgan fingerprint density at radius 2 is 1.92 bits per heavy atom. The summed E-state index contributed by atoms with van der Waals surface area (Å²) in [6.45, 7) is 0.984. The molecule has 5 heteroatoms. The van der Waals surface area contributed by atoms with E-state index in [1.54, 1.807) is 18.2 Å². The Labute approximate surface area is 152 Å². The third kappa shape index (κ3) is 3.31. The number of ether oxygens (including phenoxy) is 1. The van der Waals surface area contributed by atoms with Crippen LogP contribution in [0.1, 0.15) is 42.9 Å². The molecule has 0 bridgehead atoms. The van der Waals surface area contributed by atoms with E-state index >= 15 is 0 Å². The van der Waals surface area contributed by atoms with Gasteiger partial charge in [0.25, 0.3) is 0 Å². The molecule has 0 unspecified atom stereocenters. The van der Waals surface area contributed by atoms with Gasteiger partial charge in [-0.25, -0.2) is 4.39 Å². The second-order valence-electron chi connectivity index (χ2n) is 7.13. The van der Waals surface area contributed by atoms with Crippen LogP contribution in [-0.4, -0.2) is 18.0 Å². The molecule has 0 aromatic heterocycles. The quantitative estimate of drug-likeness (QED) is 0.884. The molecular formula is C21H23FN2O2. The van der Waals surface area contributed by atoms with E-state index in [1.807, 2.05) is 24.3 Å². The molecule has 2 aromatic carbocycles. The highest BCUT2D eigenvalue weighted by atomic mass is 19.1. The summed E-state index contributed by atoms with van der Waals surface area (Å²) in [4.78, 5) is 12.3. The minimum Gasteiger partial charge on any atom is -0.489 e. The van der Waals surface area contributed by atoms with Crippen LogP contribution in [0.25, 0.3) is 0 Å². The van der Waals surface area contributed by atoms with Crippen molar-refractivity contribution in [2.24, 2.45) is 0 Å². The van der Waals surface area contributed by atoms with Crippen LogP contribution in [0.5, 0.6) is 5.75 Å². The number of piperidine rings is 1. The van der Waals surface area contributed by atoms with Gasteiger partial charge in [-0.2, -0.15) is 0 Å². The van der Waals surface area contributed by atoms with Gasteiger partial charge in [0.15, 0.2) is 0 Å².